The zero-order chi connectivity index (χ0) is 14.6. The van der Waals surface area contributed by atoms with Crippen LogP contribution in [0.3, 0.4) is 0 Å². The molecule has 0 bridgehead atoms. The van der Waals surface area contributed by atoms with Crippen molar-refractivity contribution in [3.8, 4) is 0 Å². The summed E-state index contributed by atoms with van der Waals surface area (Å²) in [5, 5.41) is 2.66. The number of hydrogen-bond acceptors (Lipinski definition) is 5. The minimum absolute atomic E-state index is 0.0308. The lowest BCUT2D eigenvalue weighted by Gasteiger charge is -2.10. The Morgan fingerprint density at radius 2 is 2.20 bits per heavy atom. The molecular weight excluding hydrogens is 301 g/mol. The quantitative estimate of drug-likeness (QED) is 0.840. The van der Waals surface area contributed by atoms with Crippen LogP contribution in [0.1, 0.15) is 10.6 Å². The second-order valence-corrected chi connectivity index (χ2v) is 6.74. The van der Waals surface area contributed by atoms with Gasteiger partial charge in [0.05, 0.1) is 9.90 Å². The maximum Gasteiger partial charge on any atom is 0.241 e. The molecule has 0 amide bonds. The Morgan fingerprint density at radius 3 is 2.85 bits per heavy atom. The van der Waals surface area contributed by atoms with Crippen LogP contribution in [-0.4, -0.2) is 19.9 Å². The summed E-state index contributed by atoms with van der Waals surface area (Å²) in [6.07, 6.45) is 2.15. The molecule has 0 fully saturated rings. The number of nitrogens with one attached hydrogen (secondary N) is 1. The van der Waals surface area contributed by atoms with Crippen molar-refractivity contribution in [1.82, 2.24) is 9.71 Å². The van der Waals surface area contributed by atoms with Crippen LogP contribution in [0.15, 0.2) is 34.7 Å². The number of thiazole rings is 1. The van der Waals surface area contributed by atoms with E-state index in [1.165, 1.54) is 23.5 Å². The molecule has 0 spiro atoms. The van der Waals surface area contributed by atoms with E-state index in [9.17, 15) is 12.8 Å². The molecule has 8 heteroatoms. The molecule has 2 aromatic rings. The molecule has 1 heterocycles. The lowest BCUT2D eigenvalue weighted by atomic mass is 10.2. The van der Waals surface area contributed by atoms with Crippen molar-refractivity contribution in [3.63, 3.8) is 0 Å². The van der Waals surface area contributed by atoms with Gasteiger partial charge in [0.2, 0.25) is 10.0 Å². The Bertz CT molecular complexity index is 672. The first-order valence-corrected chi connectivity index (χ1v) is 8.26. The van der Waals surface area contributed by atoms with E-state index >= 15 is 0 Å². The Labute approximate surface area is 120 Å². The fourth-order valence-electron chi connectivity index (χ4n) is 1.69. The van der Waals surface area contributed by atoms with E-state index in [2.05, 4.69) is 9.71 Å². The molecule has 0 unspecified atom stereocenters. The third-order valence-corrected chi connectivity index (χ3v) is 5.04. The van der Waals surface area contributed by atoms with Crippen molar-refractivity contribution in [2.75, 3.05) is 6.54 Å². The van der Waals surface area contributed by atoms with Crippen molar-refractivity contribution in [2.45, 2.75) is 17.9 Å². The molecule has 20 heavy (non-hydrogen) atoms. The molecule has 5 nitrogen and oxygen atoms in total. The second-order valence-electron chi connectivity index (χ2n) is 4.03. The molecule has 1 aromatic heterocycles. The van der Waals surface area contributed by atoms with Crippen LogP contribution >= 0.6 is 11.3 Å². The smallest absolute Gasteiger partial charge is 0.241 e. The van der Waals surface area contributed by atoms with Gasteiger partial charge < -0.3 is 5.73 Å². The van der Waals surface area contributed by atoms with Crippen LogP contribution in [0.25, 0.3) is 0 Å². The van der Waals surface area contributed by atoms with Gasteiger partial charge in [0, 0.05) is 31.1 Å². The molecule has 0 aliphatic heterocycles. The van der Waals surface area contributed by atoms with Crippen molar-refractivity contribution in [3.05, 3.63) is 46.2 Å². The normalized spacial score (nSPS) is 11.7. The molecule has 0 aliphatic rings. The average molecular weight is 315 g/mol. The highest BCUT2D eigenvalue weighted by Gasteiger charge is 2.18. The van der Waals surface area contributed by atoms with Crippen LogP contribution in [0.2, 0.25) is 0 Å². The van der Waals surface area contributed by atoms with Crippen molar-refractivity contribution >= 4 is 21.4 Å². The molecule has 0 radical (unpaired) electrons. The van der Waals surface area contributed by atoms with E-state index in [1.54, 1.807) is 6.20 Å². The second kappa shape index (κ2) is 6.40. The molecule has 2 rings (SSSR count). The first kappa shape index (κ1) is 15.0. The van der Waals surface area contributed by atoms with E-state index in [1.807, 2.05) is 5.38 Å². The summed E-state index contributed by atoms with van der Waals surface area (Å²) < 4.78 is 39.9. The fourth-order valence-corrected chi connectivity index (χ4v) is 3.60. The van der Waals surface area contributed by atoms with Crippen LogP contribution in [-0.2, 0) is 23.0 Å². The third-order valence-electron chi connectivity index (χ3n) is 2.65. The van der Waals surface area contributed by atoms with Gasteiger partial charge in [-0.2, -0.15) is 0 Å². The first-order chi connectivity index (χ1) is 9.53. The zero-order valence-electron chi connectivity index (χ0n) is 10.5. The van der Waals surface area contributed by atoms with Gasteiger partial charge in [-0.05, 0) is 17.7 Å². The van der Waals surface area contributed by atoms with Gasteiger partial charge in [-0.3, -0.25) is 0 Å². The van der Waals surface area contributed by atoms with E-state index < -0.39 is 15.8 Å². The van der Waals surface area contributed by atoms with Crippen molar-refractivity contribution < 1.29 is 12.8 Å². The van der Waals surface area contributed by atoms with Gasteiger partial charge in [0.1, 0.15) is 5.82 Å². The predicted molar refractivity (Wildman–Crippen MR) is 75.3 cm³/mol. The molecular formula is C12H14FN3O2S2. The summed E-state index contributed by atoms with van der Waals surface area (Å²) >= 11 is 1.45. The topological polar surface area (TPSA) is 85.1 Å². The number of benzene rings is 1. The van der Waals surface area contributed by atoms with Gasteiger partial charge in [0.15, 0.2) is 0 Å². The summed E-state index contributed by atoms with van der Waals surface area (Å²) in [6, 6.07) is 3.55. The number of nitrogens with two attached hydrogens (primary N) is 1. The van der Waals surface area contributed by atoms with Gasteiger partial charge in [-0.25, -0.2) is 22.5 Å². The highest BCUT2D eigenvalue weighted by atomic mass is 32.2. The molecule has 0 saturated carbocycles. The summed E-state index contributed by atoms with van der Waals surface area (Å²) in [5.41, 5.74) is 5.86. The summed E-state index contributed by atoms with van der Waals surface area (Å²) in [7, 11) is -3.77. The highest BCUT2D eigenvalue weighted by Crippen LogP contribution is 2.17. The summed E-state index contributed by atoms with van der Waals surface area (Å²) in [4.78, 5) is 3.95. The Balaban J connectivity index is 2.11. The summed E-state index contributed by atoms with van der Waals surface area (Å²) in [6.45, 7) is 0.235. The minimum Gasteiger partial charge on any atom is -0.326 e. The van der Waals surface area contributed by atoms with E-state index in [0.717, 1.165) is 11.1 Å². The van der Waals surface area contributed by atoms with Gasteiger partial charge in [0.25, 0.3) is 0 Å². The first-order valence-electron chi connectivity index (χ1n) is 5.89. The largest absolute Gasteiger partial charge is 0.326 e. The van der Waals surface area contributed by atoms with Crippen LogP contribution in [0.4, 0.5) is 4.39 Å². The standard InChI is InChI=1S/C12H14FN3O2S2/c13-10-2-1-9(8-14)11(7-10)20(17,18)16-4-3-12-15-5-6-19-12/h1-2,5-7,16H,3-4,8,14H2. The number of nitrogens with zero attached hydrogens (tertiary/aromatic N) is 1. The monoisotopic (exact) mass is 315 g/mol. The minimum atomic E-state index is -3.77. The van der Waals surface area contributed by atoms with Crippen LogP contribution in [0.5, 0.6) is 0 Å². The van der Waals surface area contributed by atoms with Crippen molar-refractivity contribution in [1.29, 1.82) is 0 Å². The summed E-state index contributed by atoms with van der Waals surface area (Å²) in [5.74, 6) is -0.609. The van der Waals surface area contributed by atoms with Crippen LogP contribution in [0, 0.1) is 5.82 Å². The molecule has 3 N–H and O–H groups in total. The van der Waals surface area contributed by atoms with E-state index in [0.29, 0.717) is 12.0 Å². The lowest BCUT2D eigenvalue weighted by molar-refractivity contribution is 0.575. The fraction of sp³-hybridized carbons (Fsp3) is 0.250. The predicted octanol–water partition coefficient (Wildman–Crippen LogP) is 1.26. The lowest BCUT2D eigenvalue weighted by Crippen LogP contribution is -2.27. The Morgan fingerprint density at radius 1 is 1.40 bits per heavy atom. The van der Waals surface area contributed by atoms with Gasteiger partial charge in [-0.15, -0.1) is 11.3 Å². The molecule has 1 aromatic carbocycles. The van der Waals surface area contributed by atoms with Crippen LogP contribution < -0.4 is 10.5 Å². The molecule has 0 saturated heterocycles. The number of halogens is 1. The molecule has 0 atom stereocenters. The number of hydrogen-bond donors (Lipinski definition) is 2. The maximum absolute atomic E-state index is 13.2. The number of sulfonamides is 1. The van der Waals surface area contributed by atoms with Gasteiger partial charge >= 0.3 is 0 Å². The highest BCUT2D eigenvalue weighted by molar-refractivity contribution is 7.89. The number of aromatic nitrogens is 1. The average Bonchev–Trinajstić information content (AvgIpc) is 2.91. The Kier molecular flexibility index (Phi) is 4.81. The Hall–Kier alpha value is -1.35. The maximum atomic E-state index is 13.2. The third kappa shape index (κ3) is 3.60. The zero-order valence-corrected chi connectivity index (χ0v) is 12.2. The molecule has 0 aliphatic carbocycles. The number of rotatable bonds is 6. The SMILES string of the molecule is NCc1ccc(F)cc1S(=O)(=O)NCCc1nccs1. The van der Waals surface area contributed by atoms with E-state index in [-0.39, 0.29) is 18.0 Å². The van der Waals surface area contributed by atoms with Gasteiger partial charge in [-0.1, -0.05) is 6.07 Å². The van der Waals surface area contributed by atoms with Crippen molar-refractivity contribution in [2.24, 2.45) is 5.73 Å². The molecule has 108 valence electrons. The van der Waals surface area contributed by atoms with E-state index in [4.69, 9.17) is 5.73 Å².